The Labute approximate surface area is 147 Å². The number of nitrogens with one attached hydrogen (secondary N) is 1. The van der Waals surface area contributed by atoms with Gasteiger partial charge in [-0.25, -0.2) is 4.98 Å². The maximum absolute atomic E-state index is 12.1. The molecule has 0 aliphatic carbocycles. The molecule has 1 aliphatic rings. The van der Waals surface area contributed by atoms with E-state index in [9.17, 15) is 9.59 Å². The minimum absolute atomic E-state index is 0.0589. The van der Waals surface area contributed by atoms with Crippen molar-refractivity contribution < 1.29 is 14.0 Å². The molecular weight excluding hydrogens is 318 g/mol. The van der Waals surface area contributed by atoms with E-state index in [1.807, 2.05) is 12.1 Å². The molecule has 3 rings (SSSR count). The molecule has 1 fully saturated rings. The van der Waals surface area contributed by atoms with Gasteiger partial charge in [-0.1, -0.05) is 26.8 Å². The highest BCUT2D eigenvalue weighted by molar-refractivity contribution is 6.16. The van der Waals surface area contributed by atoms with E-state index in [1.54, 1.807) is 18.4 Å². The summed E-state index contributed by atoms with van der Waals surface area (Å²) in [6.07, 6.45) is 3.13. The van der Waals surface area contributed by atoms with Crippen molar-refractivity contribution in [1.82, 2.24) is 4.98 Å². The molecule has 0 atom stereocenters. The van der Waals surface area contributed by atoms with Gasteiger partial charge in [0.2, 0.25) is 17.7 Å². The largest absolute Gasteiger partial charge is 0.447 e. The molecule has 1 saturated heterocycles. The number of oxazole rings is 1. The molecule has 132 valence electrons. The average molecular weight is 341 g/mol. The van der Waals surface area contributed by atoms with Gasteiger partial charge in [-0.15, -0.1) is 0 Å². The average Bonchev–Trinajstić information content (AvgIpc) is 3.02. The zero-order valence-electron chi connectivity index (χ0n) is 14.8. The number of carbonyl (C=O) groups excluding carboxylic acids is 2. The van der Waals surface area contributed by atoms with Crippen LogP contribution >= 0.6 is 0 Å². The maximum atomic E-state index is 12.1. The predicted octanol–water partition coefficient (Wildman–Crippen LogP) is 3.63. The van der Waals surface area contributed by atoms with Crippen molar-refractivity contribution in [3.05, 3.63) is 42.1 Å². The lowest BCUT2D eigenvalue weighted by atomic mass is 9.93. The lowest BCUT2D eigenvalue weighted by Gasteiger charge is -2.25. The van der Waals surface area contributed by atoms with E-state index in [-0.39, 0.29) is 17.2 Å². The first-order chi connectivity index (χ1) is 11.8. The van der Waals surface area contributed by atoms with Crippen molar-refractivity contribution in [2.75, 3.05) is 10.2 Å². The summed E-state index contributed by atoms with van der Waals surface area (Å²) < 4.78 is 5.50. The zero-order valence-corrected chi connectivity index (χ0v) is 14.8. The van der Waals surface area contributed by atoms with E-state index in [0.29, 0.717) is 37.4 Å². The molecule has 0 saturated carbocycles. The number of aromatic nitrogens is 1. The summed E-state index contributed by atoms with van der Waals surface area (Å²) in [6.45, 7) is 6.68. The summed E-state index contributed by atoms with van der Waals surface area (Å²) >= 11 is 0. The number of hydrogen-bond acceptors (Lipinski definition) is 5. The Morgan fingerprint density at radius 2 is 1.92 bits per heavy atom. The number of amides is 2. The van der Waals surface area contributed by atoms with E-state index in [4.69, 9.17) is 4.42 Å². The molecule has 6 heteroatoms. The molecule has 6 nitrogen and oxygen atoms in total. The van der Waals surface area contributed by atoms with Crippen molar-refractivity contribution >= 4 is 23.2 Å². The predicted molar refractivity (Wildman–Crippen MR) is 95.3 cm³/mol. The summed E-state index contributed by atoms with van der Waals surface area (Å²) in [4.78, 5) is 29.9. The molecule has 1 aromatic heterocycles. The second-order valence-electron chi connectivity index (χ2n) is 7.26. The normalized spacial score (nSPS) is 15.6. The van der Waals surface area contributed by atoms with Gasteiger partial charge in [0.05, 0.1) is 17.9 Å². The van der Waals surface area contributed by atoms with E-state index in [0.717, 1.165) is 11.4 Å². The maximum Gasteiger partial charge on any atom is 0.233 e. The smallest absolute Gasteiger partial charge is 0.233 e. The Hall–Kier alpha value is -2.63. The summed E-state index contributed by atoms with van der Waals surface area (Å²) in [5, 5.41) is 3.23. The second-order valence-corrected chi connectivity index (χ2v) is 7.26. The van der Waals surface area contributed by atoms with Crippen LogP contribution in [0, 0.1) is 0 Å². The first-order valence-corrected chi connectivity index (χ1v) is 8.49. The summed E-state index contributed by atoms with van der Waals surface area (Å²) in [6, 6.07) is 7.28. The fourth-order valence-electron chi connectivity index (χ4n) is 2.71. The molecular formula is C19H23N3O3. The number of benzene rings is 1. The first-order valence-electron chi connectivity index (χ1n) is 8.49. The highest BCUT2D eigenvalue weighted by Crippen LogP contribution is 2.25. The van der Waals surface area contributed by atoms with Gasteiger partial charge in [0.15, 0.2) is 0 Å². The van der Waals surface area contributed by atoms with E-state index >= 15 is 0 Å². The summed E-state index contributed by atoms with van der Waals surface area (Å²) in [5.41, 5.74) is 2.25. The quantitative estimate of drug-likeness (QED) is 0.860. The Morgan fingerprint density at radius 3 is 2.56 bits per heavy atom. The van der Waals surface area contributed by atoms with Crippen LogP contribution in [0.1, 0.15) is 51.6 Å². The van der Waals surface area contributed by atoms with Crippen LogP contribution in [0.15, 0.2) is 34.9 Å². The zero-order chi connectivity index (χ0) is 18.0. The fraction of sp³-hybridized carbons (Fsp3) is 0.421. The van der Waals surface area contributed by atoms with Gasteiger partial charge >= 0.3 is 0 Å². The van der Waals surface area contributed by atoms with Gasteiger partial charge in [0.25, 0.3) is 0 Å². The SMILES string of the molecule is CC(C)(C)c1coc(CNc2cccc(N3C(=O)CCCC3=O)c2)n1. The highest BCUT2D eigenvalue weighted by Gasteiger charge is 2.27. The third-order valence-electron chi connectivity index (χ3n) is 4.15. The first kappa shape index (κ1) is 17.2. The molecule has 0 bridgehead atoms. The summed E-state index contributed by atoms with van der Waals surface area (Å²) in [7, 11) is 0. The number of piperidine rings is 1. The van der Waals surface area contributed by atoms with Crippen LogP contribution in [0.25, 0.3) is 0 Å². The Bertz CT molecular complexity index is 773. The van der Waals surface area contributed by atoms with Gasteiger partial charge in [-0.2, -0.15) is 0 Å². The molecule has 0 spiro atoms. The highest BCUT2D eigenvalue weighted by atomic mass is 16.3. The third-order valence-corrected chi connectivity index (χ3v) is 4.15. The lowest BCUT2D eigenvalue weighted by molar-refractivity contribution is -0.129. The van der Waals surface area contributed by atoms with Crippen molar-refractivity contribution in [1.29, 1.82) is 0 Å². The summed E-state index contributed by atoms with van der Waals surface area (Å²) in [5.74, 6) is 0.312. The molecule has 2 amide bonds. The minimum atomic E-state index is -0.143. The molecule has 2 aromatic rings. The molecule has 2 heterocycles. The van der Waals surface area contributed by atoms with Gasteiger partial charge in [0.1, 0.15) is 6.26 Å². The van der Waals surface area contributed by atoms with Gasteiger partial charge in [-0.3, -0.25) is 14.5 Å². The molecule has 25 heavy (non-hydrogen) atoms. The molecule has 1 aromatic carbocycles. The lowest BCUT2D eigenvalue weighted by Crippen LogP contribution is -2.40. The molecule has 0 radical (unpaired) electrons. The number of imide groups is 1. The number of anilines is 2. The Kier molecular flexibility index (Phi) is 4.61. The Morgan fingerprint density at radius 1 is 1.20 bits per heavy atom. The molecule has 0 unspecified atom stereocenters. The number of rotatable bonds is 4. The van der Waals surface area contributed by atoms with Crippen LogP contribution < -0.4 is 10.2 Å². The minimum Gasteiger partial charge on any atom is -0.447 e. The van der Waals surface area contributed by atoms with Crippen molar-refractivity contribution in [2.45, 2.75) is 52.0 Å². The van der Waals surface area contributed by atoms with Crippen LogP contribution in [-0.4, -0.2) is 16.8 Å². The fourth-order valence-corrected chi connectivity index (χ4v) is 2.71. The van der Waals surface area contributed by atoms with Gasteiger partial charge in [0, 0.05) is 23.9 Å². The van der Waals surface area contributed by atoms with E-state index in [2.05, 4.69) is 31.1 Å². The number of nitrogens with zero attached hydrogens (tertiary/aromatic N) is 2. The monoisotopic (exact) mass is 341 g/mol. The molecule has 1 N–H and O–H groups in total. The van der Waals surface area contributed by atoms with E-state index in [1.165, 1.54) is 4.90 Å². The van der Waals surface area contributed by atoms with Crippen LogP contribution in [0.5, 0.6) is 0 Å². The Balaban J connectivity index is 1.71. The van der Waals surface area contributed by atoms with Crippen LogP contribution in [0.2, 0.25) is 0 Å². The van der Waals surface area contributed by atoms with Crippen LogP contribution in [0.3, 0.4) is 0 Å². The van der Waals surface area contributed by atoms with Crippen LogP contribution in [-0.2, 0) is 21.5 Å². The second kappa shape index (κ2) is 6.70. The van der Waals surface area contributed by atoms with Gasteiger partial charge < -0.3 is 9.73 Å². The number of carbonyl (C=O) groups is 2. The van der Waals surface area contributed by atoms with Crippen molar-refractivity contribution in [3.8, 4) is 0 Å². The number of hydrogen-bond donors (Lipinski definition) is 1. The topological polar surface area (TPSA) is 75.4 Å². The van der Waals surface area contributed by atoms with Gasteiger partial charge in [-0.05, 0) is 24.6 Å². The van der Waals surface area contributed by atoms with E-state index < -0.39 is 0 Å². The van der Waals surface area contributed by atoms with Crippen LogP contribution in [0.4, 0.5) is 11.4 Å². The third kappa shape index (κ3) is 3.90. The molecule has 1 aliphatic heterocycles. The standard InChI is InChI=1S/C19H23N3O3/c1-19(2,3)15-12-25-16(21-15)11-20-13-6-4-7-14(10-13)22-17(23)8-5-9-18(22)24/h4,6-7,10,12,20H,5,8-9,11H2,1-3H3. The van der Waals surface area contributed by atoms with Crippen molar-refractivity contribution in [3.63, 3.8) is 0 Å². The van der Waals surface area contributed by atoms with Crippen molar-refractivity contribution in [2.24, 2.45) is 0 Å².